The van der Waals surface area contributed by atoms with Gasteiger partial charge in [0, 0.05) is 29.9 Å². The van der Waals surface area contributed by atoms with Crippen molar-refractivity contribution in [1.29, 1.82) is 5.41 Å². The Morgan fingerprint density at radius 1 is 1.10 bits per heavy atom. The van der Waals surface area contributed by atoms with E-state index >= 15 is 0 Å². The molecule has 29 heavy (non-hydrogen) atoms. The first-order valence-electron chi connectivity index (χ1n) is 9.77. The number of piperidine rings is 1. The minimum Gasteiger partial charge on any atom is -0.384 e. The summed E-state index contributed by atoms with van der Waals surface area (Å²) >= 11 is 0. The van der Waals surface area contributed by atoms with Gasteiger partial charge in [-0.3, -0.25) is 10.2 Å². The molecule has 1 saturated carbocycles. The molecule has 2 fully saturated rings. The number of quaternary nitrogens is 1. The van der Waals surface area contributed by atoms with Gasteiger partial charge in [0.1, 0.15) is 18.4 Å². The molecule has 1 heterocycles. The van der Waals surface area contributed by atoms with Crippen LogP contribution in [0.1, 0.15) is 35.6 Å². The number of primary amides is 1. The number of nitrogens with two attached hydrogens (primary N) is 3. The third-order valence-electron chi connectivity index (χ3n) is 6.69. The molecule has 1 saturated heterocycles. The average Bonchev–Trinajstić information content (AvgIpc) is 3.40. The molecule has 4 rings (SSSR count). The Kier molecular flexibility index (Phi) is 4.52. The topological polar surface area (TPSA) is 136 Å². The highest BCUT2D eigenvalue weighted by Crippen LogP contribution is 2.61. The van der Waals surface area contributed by atoms with Gasteiger partial charge in [-0.2, -0.15) is 0 Å². The van der Waals surface area contributed by atoms with Crippen LogP contribution in [-0.4, -0.2) is 34.2 Å². The first-order chi connectivity index (χ1) is 13.8. The molecule has 2 amide bonds. The Labute approximate surface area is 169 Å². The lowest BCUT2D eigenvalue weighted by molar-refractivity contribution is -0.886. The highest BCUT2D eigenvalue weighted by molar-refractivity contribution is 5.95. The smallest absolute Gasteiger partial charge is 0.336 e. The van der Waals surface area contributed by atoms with E-state index in [0.29, 0.717) is 25.1 Å². The number of amidine groups is 1. The molecule has 1 aliphatic heterocycles. The van der Waals surface area contributed by atoms with Crippen LogP contribution in [0.3, 0.4) is 0 Å². The van der Waals surface area contributed by atoms with Crippen molar-refractivity contribution in [2.24, 2.45) is 23.1 Å². The Balaban J connectivity index is 1.74. The van der Waals surface area contributed by atoms with Gasteiger partial charge in [-0.1, -0.05) is 54.6 Å². The number of likely N-dealkylation sites (tertiary alicyclic amines) is 1. The second-order valence-electron chi connectivity index (χ2n) is 8.17. The summed E-state index contributed by atoms with van der Waals surface area (Å²) in [5.41, 5.74) is 19.1. The van der Waals surface area contributed by atoms with Crippen molar-refractivity contribution in [2.45, 2.75) is 31.0 Å². The number of hydrogen-bond acceptors (Lipinski definition) is 4. The lowest BCUT2D eigenvalue weighted by Gasteiger charge is -2.40. The van der Waals surface area contributed by atoms with Gasteiger partial charge in [0.05, 0.1) is 6.54 Å². The summed E-state index contributed by atoms with van der Waals surface area (Å²) < 4.78 is -0.0392. The van der Waals surface area contributed by atoms with Crippen molar-refractivity contribution in [3.8, 4) is 0 Å². The molecule has 0 spiro atoms. The van der Waals surface area contributed by atoms with Crippen LogP contribution in [0, 0.1) is 11.3 Å². The van der Waals surface area contributed by atoms with Gasteiger partial charge in [0.15, 0.2) is 5.54 Å². The van der Waals surface area contributed by atoms with Crippen LogP contribution in [0.2, 0.25) is 0 Å². The molecule has 7 nitrogen and oxygen atoms in total. The maximum atomic E-state index is 13.8. The molecule has 4 atom stereocenters. The number of carbonyl (C=O) groups is 2. The fourth-order valence-electron chi connectivity index (χ4n) is 5.05. The Morgan fingerprint density at radius 3 is 2.31 bits per heavy atom. The number of benzene rings is 2. The van der Waals surface area contributed by atoms with Crippen LogP contribution >= 0.6 is 0 Å². The van der Waals surface area contributed by atoms with E-state index in [0.717, 1.165) is 17.5 Å². The number of carbonyl (C=O) groups excluding carboxylic acids is 2. The predicted octanol–water partition coefficient (Wildman–Crippen LogP) is 1.16. The summed E-state index contributed by atoms with van der Waals surface area (Å²) in [5, 5.41) is 7.56. The third-order valence-corrected chi connectivity index (χ3v) is 6.69. The molecule has 0 aromatic heterocycles. The van der Waals surface area contributed by atoms with E-state index in [4.69, 9.17) is 22.6 Å². The Morgan fingerprint density at radius 2 is 1.76 bits per heavy atom. The number of nitrogens with zero attached hydrogens (tertiary/aromatic N) is 1. The van der Waals surface area contributed by atoms with Gasteiger partial charge in [0.25, 0.3) is 5.91 Å². The maximum Gasteiger partial charge on any atom is 0.336 e. The number of amides is 2. The molecular formula is C22H26N5O2+. The standard InChI is InChI=1S/C22H25N5O2/c23-18(15-4-2-1-3-5-15)20(28)27(11-10-17-12-22(17,27)21(26)29)13-14-6-8-16(9-7-14)19(24)25/h1-9,17-18H,10-13,23H2,(H4-,24,25,26,29)/p+1/t17-,18-,22+,27?/m1/s1. The van der Waals surface area contributed by atoms with E-state index in [2.05, 4.69) is 0 Å². The van der Waals surface area contributed by atoms with E-state index in [-0.39, 0.29) is 22.1 Å². The van der Waals surface area contributed by atoms with Crippen LogP contribution in [0.25, 0.3) is 0 Å². The molecule has 2 aromatic carbocycles. The van der Waals surface area contributed by atoms with Crippen molar-refractivity contribution in [3.63, 3.8) is 0 Å². The monoisotopic (exact) mass is 392 g/mol. The zero-order valence-corrected chi connectivity index (χ0v) is 16.2. The molecule has 150 valence electrons. The van der Waals surface area contributed by atoms with Crippen LogP contribution in [0.4, 0.5) is 0 Å². The molecule has 7 heteroatoms. The summed E-state index contributed by atoms with van der Waals surface area (Å²) in [6.07, 6.45) is 1.41. The molecule has 7 N–H and O–H groups in total. The molecular weight excluding hydrogens is 366 g/mol. The first kappa shape index (κ1) is 19.3. The fraction of sp³-hybridized carbons (Fsp3) is 0.318. The highest BCUT2D eigenvalue weighted by Gasteiger charge is 2.79. The highest BCUT2D eigenvalue weighted by atomic mass is 16.2. The number of fused-ring (bicyclic) bond motifs is 1. The van der Waals surface area contributed by atoms with E-state index in [9.17, 15) is 9.59 Å². The third kappa shape index (κ3) is 2.85. The average molecular weight is 392 g/mol. The zero-order valence-electron chi connectivity index (χ0n) is 16.2. The summed E-state index contributed by atoms with van der Waals surface area (Å²) in [4.78, 5) is 26.3. The van der Waals surface area contributed by atoms with E-state index < -0.39 is 17.5 Å². The van der Waals surface area contributed by atoms with Gasteiger partial charge < -0.3 is 17.2 Å². The predicted molar refractivity (Wildman–Crippen MR) is 109 cm³/mol. The van der Waals surface area contributed by atoms with Crippen LogP contribution < -0.4 is 17.2 Å². The number of nitrogens with one attached hydrogen (secondary N) is 1. The van der Waals surface area contributed by atoms with Gasteiger partial charge in [-0.25, -0.2) is 9.28 Å². The maximum absolute atomic E-state index is 13.8. The molecule has 1 unspecified atom stereocenters. The quantitative estimate of drug-likeness (QED) is 0.333. The summed E-state index contributed by atoms with van der Waals surface area (Å²) in [6.45, 7) is 0.887. The lowest BCUT2D eigenvalue weighted by Crippen LogP contribution is -2.65. The van der Waals surface area contributed by atoms with Crippen molar-refractivity contribution in [2.75, 3.05) is 6.54 Å². The largest absolute Gasteiger partial charge is 0.384 e. The number of hydrogen-bond donors (Lipinski definition) is 4. The lowest BCUT2D eigenvalue weighted by atomic mass is 10.00. The fourth-order valence-corrected chi connectivity index (χ4v) is 5.05. The van der Waals surface area contributed by atoms with E-state index in [1.54, 1.807) is 12.1 Å². The van der Waals surface area contributed by atoms with Crippen LogP contribution in [0.15, 0.2) is 54.6 Å². The van der Waals surface area contributed by atoms with Crippen LogP contribution in [0.5, 0.6) is 0 Å². The molecule has 0 radical (unpaired) electrons. The summed E-state index contributed by atoms with van der Waals surface area (Å²) in [6, 6.07) is 15.6. The SMILES string of the molecule is N=C(N)c1ccc(C[N+]2(C(=O)[C@H](N)c3ccccc3)CC[C@@H]3C[C@@]32C(N)=O)cc1. The zero-order chi connectivity index (χ0) is 20.8. The van der Waals surface area contributed by atoms with Crippen molar-refractivity contribution < 1.29 is 14.1 Å². The van der Waals surface area contributed by atoms with Gasteiger partial charge >= 0.3 is 5.91 Å². The summed E-state index contributed by atoms with van der Waals surface area (Å²) in [7, 11) is 0. The van der Waals surface area contributed by atoms with Crippen LogP contribution in [-0.2, 0) is 16.1 Å². The normalized spacial score (nSPS) is 28.4. The van der Waals surface area contributed by atoms with Crippen molar-refractivity contribution in [1.82, 2.24) is 0 Å². The summed E-state index contributed by atoms with van der Waals surface area (Å²) in [5.74, 6) is -0.484. The first-order valence-corrected chi connectivity index (χ1v) is 9.77. The second-order valence-corrected chi connectivity index (χ2v) is 8.17. The molecule has 1 aliphatic carbocycles. The van der Waals surface area contributed by atoms with Gasteiger partial charge in [0.2, 0.25) is 0 Å². The van der Waals surface area contributed by atoms with E-state index in [1.807, 2.05) is 42.5 Å². The minimum absolute atomic E-state index is 0.0142. The molecule has 2 aromatic rings. The minimum atomic E-state index is -0.872. The van der Waals surface area contributed by atoms with E-state index in [1.165, 1.54) is 0 Å². The number of rotatable bonds is 6. The van der Waals surface area contributed by atoms with Gasteiger partial charge in [-0.15, -0.1) is 0 Å². The van der Waals surface area contributed by atoms with Gasteiger partial charge in [-0.05, 0) is 5.56 Å². The Bertz CT molecular complexity index is 974. The molecule has 2 aliphatic rings. The Hall–Kier alpha value is -3.03. The van der Waals surface area contributed by atoms with Crippen molar-refractivity contribution >= 4 is 17.6 Å². The second kappa shape index (κ2) is 6.79. The number of nitrogen functional groups attached to an aromatic ring is 1. The van der Waals surface area contributed by atoms with Crippen molar-refractivity contribution in [3.05, 3.63) is 71.3 Å². The molecule has 0 bridgehead atoms.